The number of hydrogen-bond donors (Lipinski definition) is 3. The third-order valence-corrected chi connectivity index (χ3v) is 2.67. The quantitative estimate of drug-likeness (QED) is 0.528. The van der Waals surface area contributed by atoms with Gasteiger partial charge in [0.15, 0.2) is 11.5 Å². The molecule has 8 heteroatoms. The van der Waals surface area contributed by atoms with Crippen molar-refractivity contribution in [1.82, 2.24) is 10.9 Å². The predicted octanol–water partition coefficient (Wildman–Crippen LogP) is 0.117. The summed E-state index contributed by atoms with van der Waals surface area (Å²) in [5.41, 5.74) is 5.72. The van der Waals surface area contributed by atoms with Gasteiger partial charge < -0.3 is 9.84 Å². The second kappa shape index (κ2) is 6.51. The smallest absolute Gasteiger partial charge is 0.245 e. The van der Waals surface area contributed by atoms with Gasteiger partial charge in [-0.3, -0.25) is 9.59 Å². The molecular formula is C13H14N4O4. The summed E-state index contributed by atoms with van der Waals surface area (Å²) in [5.74, 6) is -0.255. The van der Waals surface area contributed by atoms with Crippen molar-refractivity contribution in [2.45, 2.75) is 12.8 Å². The minimum atomic E-state index is -0.368. The van der Waals surface area contributed by atoms with E-state index in [2.05, 4.69) is 21.1 Å². The van der Waals surface area contributed by atoms with E-state index in [4.69, 9.17) is 4.74 Å². The van der Waals surface area contributed by atoms with Gasteiger partial charge in [-0.25, -0.2) is 10.9 Å². The first kappa shape index (κ1) is 14.5. The molecule has 1 aromatic rings. The molecule has 0 bridgehead atoms. The third kappa shape index (κ3) is 4.03. The lowest BCUT2D eigenvalue weighted by Gasteiger charge is -2.03. The zero-order valence-electron chi connectivity index (χ0n) is 11.3. The van der Waals surface area contributed by atoms with Gasteiger partial charge in [0.25, 0.3) is 0 Å². The number of carbonyl (C=O) groups excluding carboxylic acids is 2. The Morgan fingerprint density at radius 1 is 1.62 bits per heavy atom. The van der Waals surface area contributed by atoms with E-state index in [0.717, 1.165) is 0 Å². The van der Waals surface area contributed by atoms with Crippen molar-refractivity contribution in [1.29, 1.82) is 0 Å². The summed E-state index contributed by atoms with van der Waals surface area (Å²) >= 11 is 0. The van der Waals surface area contributed by atoms with Crippen LogP contribution in [-0.4, -0.2) is 36.0 Å². The van der Waals surface area contributed by atoms with E-state index >= 15 is 0 Å². The molecule has 0 spiro atoms. The molecule has 1 aromatic carbocycles. The minimum absolute atomic E-state index is 0.00891. The molecule has 0 radical (unpaired) electrons. The number of hydrazone groups is 2. The topological polar surface area (TPSA) is 112 Å². The third-order valence-electron chi connectivity index (χ3n) is 2.67. The Kier molecular flexibility index (Phi) is 4.50. The molecule has 0 saturated carbocycles. The van der Waals surface area contributed by atoms with Gasteiger partial charge in [-0.05, 0) is 23.8 Å². The molecule has 3 N–H and O–H groups in total. The van der Waals surface area contributed by atoms with Crippen LogP contribution in [0, 0.1) is 0 Å². The van der Waals surface area contributed by atoms with Gasteiger partial charge in [0.2, 0.25) is 11.8 Å². The van der Waals surface area contributed by atoms with Crippen LogP contribution in [0.4, 0.5) is 0 Å². The maximum atomic E-state index is 11.6. The highest BCUT2D eigenvalue weighted by Crippen LogP contribution is 2.25. The maximum absolute atomic E-state index is 11.6. The normalized spacial score (nSPS) is 14.0. The van der Waals surface area contributed by atoms with Crippen LogP contribution < -0.4 is 15.6 Å². The number of nitrogens with one attached hydrogen (secondary N) is 2. The molecule has 0 aromatic heterocycles. The van der Waals surface area contributed by atoms with Gasteiger partial charge in [0.05, 0.1) is 31.9 Å². The number of amides is 2. The van der Waals surface area contributed by atoms with E-state index in [1.165, 1.54) is 19.4 Å². The molecule has 0 atom stereocenters. The molecule has 0 unspecified atom stereocenters. The van der Waals surface area contributed by atoms with Crippen molar-refractivity contribution >= 4 is 23.7 Å². The number of methoxy groups -OCH3 is 1. The van der Waals surface area contributed by atoms with E-state index in [1.807, 2.05) is 0 Å². The number of ether oxygens (including phenoxy) is 1. The summed E-state index contributed by atoms with van der Waals surface area (Å²) in [6.07, 6.45) is 1.56. The lowest BCUT2D eigenvalue weighted by molar-refractivity contribution is -0.119. The second-order valence-electron chi connectivity index (χ2n) is 4.29. The summed E-state index contributed by atoms with van der Waals surface area (Å²) in [6.45, 7) is 0. The zero-order chi connectivity index (χ0) is 15.2. The largest absolute Gasteiger partial charge is 0.504 e. The Hall–Kier alpha value is -2.90. The first-order chi connectivity index (χ1) is 10.1. The van der Waals surface area contributed by atoms with E-state index in [9.17, 15) is 14.7 Å². The Balaban J connectivity index is 1.87. The fourth-order valence-corrected chi connectivity index (χ4v) is 1.69. The van der Waals surface area contributed by atoms with E-state index in [-0.39, 0.29) is 30.4 Å². The van der Waals surface area contributed by atoms with Crippen molar-refractivity contribution < 1.29 is 19.4 Å². The van der Waals surface area contributed by atoms with Crippen molar-refractivity contribution in [3.8, 4) is 11.5 Å². The van der Waals surface area contributed by atoms with Gasteiger partial charge >= 0.3 is 0 Å². The molecule has 1 aliphatic rings. The van der Waals surface area contributed by atoms with Crippen LogP contribution in [0.5, 0.6) is 11.5 Å². The van der Waals surface area contributed by atoms with Crippen molar-refractivity contribution in [3.05, 3.63) is 23.8 Å². The molecule has 8 nitrogen and oxygen atoms in total. The molecule has 1 aliphatic heterocycles. The number of hydrogen-bond acceptors (Lipinski definition) is 6. The molecule has 110 valence electrons. The van der Waals surface area contributed by atoms with Crippen LogP contribution >= 0.6 is 0 Å². The molecule has 2 amide bonds. The highest BCUT2D eigenvalue weighted by Gasteiger charge is 2.16. The monoisotopic (exact) mass is 290 g/mol. The highest BCUT2D eigenvalue weighted by molar-refractivity contribution is 6.11. The van der Waals surface area contributed by atoms with Crippen LogP contribution in [0.25, 0.3) is 0 Å². The molecule has 2 rings (SSSR count). The molecular weight excluding hydrogens is 276 g/mol. The number of nitrogens with zero attached hydrogens (tertiary/aromatic N) is 2. The van der Waals surface area contributed by atoms with Crippen LogP contribution in [0.3, 0.4) is 0 Å². The van der Waals surface area contributed by atoms with Crippen LogP contribution in [0.15, 0.2) is 28.4 Å². The summed E-state index contributed by atoms with van der Waals surface area (Å²) in [6, 6.07) is 4.67. The number of phenols is 1. The molecule has 0 saturated heterocycles. The van der Waals surface area contributed by atoms with Crippen LogP contribution in [0.1, 0.15) is 18.4 Å². The average Bonchev–Trinajstić information content (AvgIpc) is 2.86. The van der Waals surface area contributed by atoms with Gasteiger partial charge in [-0.2, -0.15) is 10.2 Å². The SMILES string of the molecule is COc1cc(/C=N/NC(=O)CC2=NNC(=O)C2)ccc1O. The van der Waals surface area contributed by atoms with Crippen molar-refractivity contribution in [2.75, 3.05) is 7.11 Å². The number of benzene rings is 1. The van der Waals surface area contributed by atoms with Gasteiger partial charge in [-0.1, -0.05) is 0 Å². The van der Waals surface area contributed by atoms with Gasteiger partial charge in [-0.15, -0.1) is 0 Å². The van der Waals surface area contributed by atoms with Gasteiger partial charge in [0, 0.05) is 0 Å². The zero-order valence-corrected chi connectivity index (χ0v) is 11.3. The number of aromatic hydroxyl groups is 1. The Morgan fingerprint density at radius 3 is 3.10 bits per heavy atom. The lowest BCUT2D eigenvalue weighted by atomic mass is 10.2. The van der Waals surface area contributed by atoms with E-state index in [0.29, 0.717) is 17.0 Å². The molecule has 1 heterocycles. The standard InChI is InChI=1S/C13H14N4O4/c1-21-11-4-8(2-3-10(11)18)7-14-16-12(19)5-9-6-13(20)17-15-9/h2-4,7,18H,5-6H2,1H3,(H,16,19)(H,17,20)/b14-7+. The lowest BCUT2D eigenvalue weighted by Crippen LogP contribution is -2.20. The fraction of sp³-hybridized carbons (Fsp3) is 0.231. The highest BCUT2D eigenvalue weighted by atomic mass is 16.5. The Bertz CT molecular complexity index is 625. The molecule has 0 fully saturated rings. The summed E-state index contributed by atoms with van der Waals surface area (Å²) in [4.78, 5) is 22.5. The van der Waals surface area contributed by atoms with Crippen LogP contribution in [0.2, 0.25) is 0 Å². The first-order valence-corrected chi connectivity index (χ1v) is 6.11. The predicted molar refractivity (Wildman–Crippen MR) is 75.2 cm³/mol. The average molecular weight is 290 g/mol. The van der Waals surface area contributed by atoms with E-state index < -0.39 is 0 Å². The summed E-state index contributed by atoms with van der Waals surface area (Å²) < 4.78 is 4.96. The minimum Gasteiger partial charge on any atom is -0.504 e. The van der Waals surface area contributed by atoms with Crippen molar-refractivity contribution in [2.24, 2.45) is 10.2 Å². The first-order valence-electron chi connectivity index (χ1n) is 6.11. The number of phenolic OH excluding ortho intramolecular Hbond substituents is 1. The Labute approximate surface area is 120 Å². The molecule has 21 heavy (non-hydrogen) atoms. The summed E-state index contributed by atoms with van der Waals surface area (Å²) in [5, 5.41) is 16.9. The van der Waals surface area contributed by atoms with Crippen molar-refractivity contribution in [3.63, 3.8) is 0 Å². The summed E-state index contributed by atoms with van der Waals surface area (Å²) in [7, 11) is 1.44. The Morgan fingerprint density at radius 2 is 2.43 bits per heavy atom. The van der Waals surface area contributed by atoms with Crippen LogP contribution in [-0.2, 0) is 9.59 Å². The van der Waals surface area contributed by atoms with E-state index in [1.54, 1.807) is 12.1 Å². The maximum Gasteiger partial charge on any atom is 0.245 e. The number of rotatable bonds is 5. The van der Waals surface area contributed by atoms with Gasteiger partial charge in [0.1, 0.15) is 0 Å². The fourth-order valence-electron chi connectivity index (χ4n) is 1.69. The molecule has 0 aliphatic carbocycles. The second-order valence-corrected chi connectivity index (χ2v) is 4.29. The number of carbonyl (C=O) groups is 2.